The van der Waals surface area contributed by atoms with E-state index in [2.05, 4.69) is 5.32 Å². The molecule has 1 saturated carbocycles. The van der Waals surface area contributed by atoms with Crippen LogP contribution in [0.4, 0.5) is 35.1 Å². The van der Waals surface area contributed by atoms with Crippen molar-refractivity contribution in [1.29, 1.82) is 0 Å². The van der Waals surface area contributed by atoms with E-state index in [1.807, 2.05) is 0 Å². The Kier molecular flexibility index (Phi) is 7.14. The Labute approximate surface area is 235 Å². The minimum absolute atomic E-state index is 0.0125. The van der Waals surface area contributed by atoms with Gasteiger partial charge in [0.2, 0.25) is 11.8 Å². The summed E-state index contributed by atoms with van der Waals surface area (Å²) in [5.41, 5.74) is -7.81. The summed E-state index contributed by atoms with van der Waals surface area (Å²) in [4.78, 5) is 26.4. The van der Waals surface area contributed by atoms with Gasteiger partial charge in [-0.2, -0.15) is 26.3 Å². The van der Waals surface area contributed by atoms with Gasteiger partial charge in [-0.15, -0.1) is 0 Å². The van der Waals surface area contributed by atoms with Gasteiger partial charge in [0.15, 0.2) is 9.84 Å². The van der Waals surface area contributed by atoms with Gasteiger partial charge in [-0.25, -0.2) is 17.2 Å². The number of piperazine rings is 1. The summed E-state index contributed by atoms with van der Waals surface area (Å²) in [6, 6.07) is 5.21. The van der Waals surface area contributed by atoms with Gasteiger partial charge in [0.05, 0.1) is 11.4 Å². The Bertz CT molecular complexity index is 1510. The number of hydrogen-bond acceptors (Lipinski definition) is 4. The predicted molar refractivity (Wildman–Crippen MR) is 131 cm³/mol. The van der Waals surface area contributed by atoms with Gasteiger partial charge in [-0.05, 0) is 67.0 Å². The highest BCUT2D eigenvalue weighted by Crippen LogP contribution is 2.60. The van der Waals surface area contributed by atoms with Crippen LogP contribution >= 0.6 is 0 Å². The van der Waals surface area contributed by atoms with Crippen LogP contribution in [0.5, 0.6) is 0 Å². The first-order chi connectivity index (χ1) is 19.4. The van der Waals surface area contributed by atoms with Crippen molar-refractivity contribution in [2.45, 2.75) is 53.3 Å². The lowest BCUT2D eigenvalue weighted by Gasteiger charge is -2.43. The number of nitrogens with zero attached hydrogens (tertiary/aromatic N) is 1. The Hall–Kier alpha value is -3.23. The van der Waals surface area contributed by atoms with Crippen molar-refractivity contribution in [3.8, 4) is 0 Å². The molecule has 5 rings (SSSR count). The Morgan fingerprint density at radius 2 is 1.60 bits per heavy atom. The fourth-order valence-electron chi connectivity index (χ4n) is 6.74. The van der Waals surface area contributed by atoms with Crippen LogP contribution in [0.3, 0.4) is 0 Å². The van der Waals surface area contributed by atoms with Crippen molar-refractivity contribution in [2.24, 2.45) is 11.8 Å². The Balaban J connectivity index is 1.67. The zero-order valence-corrected chi connectivity index (χ0v) is 22.5. The highest BCUT2D eigenvalue weighted by atomic mass is 32.2. The van der Waals surface area contributed by atoms with E-state index in [0.29, 0.717) is 6.07 Å². The average Bonchev–Trinajstić information content (AvgIpc) is 3.32. The molecular formula is C27H24F8N2O4S. The molecule has 2 aliphatic carbocycles. The second kappa shape index (κ2) is 9.91. The lowest BCUT2D eigenvalue weighted by atomic mass is 9.72. The second-order valence-electron chi connectivity index (χ2n) is 10.8. The molecular weight excluding hydrogens is 600 g/mol. The predicted octanol–water partition coefficient (Wildman–Crippen LogP) is 4.72. The van der Waals surface area contributed by atoms with E-state index in [1.165, 1.54) is 4.90 Å². The van der Waals surface area contributed by atoms with E-state index in [9.17, 15) is 53.1 Å². The molecule has 2 amide bonds. The zero-order valence-electron chi connectivity index (χ0n) is 21.7. The third-order valence-corrected chi connectivity index (χ3v) is 11.2. The van der Waals surface area contributed by atoms with Gasteiger partial charge in [-0.1, -0.05) is 18.2 Å². The molecule has 1 aliphatic heterocycles. The first-order valence-electron chi connectivity index (χ1n) is 13.0. The quantitative estimate of drug-likeness (QED) is 0.395. The van der Waals surface area contributed by atoms with Crippen LogP contribution < -0.4 is 5.32 Å². The van der Waals surface area contributed by atoms with Crippen LogP contribution in [0.2, 0.25) is 0 Å². The topological polar surface area (TPSA) is 83.6 Å². The molecule has 3 atom stereocenters. The van der Waals surface area contributed by atoms with E-state index in [0.717, 1.165) is 30.3 Å². The molecule has 2 aromatic carbocycles. The van der Waals surface area contributed by atoms with Crippen LogP contribution in [0.15, 0.2) is 47.4 Å². The summed E-state index contributed by atoms with van der Waals surface area (Å²) in [6.45, 7) is 0.0854. The molecule has 42 heavy (non-hydrogen) atoms. The third kappa shape index (κ3) is 4.37. The molecule has 6 nitrogen and oxygen atoms in total. The average molecular weight is 625 g/mol. The number of carbonyl (C=O) groups is 2. The van der Waals surface area contributed by atoms with E-state index >= 15 is 0 Å². The lowest BCUT2D eigenvalue weighted by Crippen LogP contribution is -2.53. The van der Waals surface area contributed by atoms with Gasteiger partial charge in [0.1, 0.15) is 10.6 Å². The summed E-state index contributed by atoms with van der Waals surface area (Å²) in [5, 5.41) is 2.57. The van der Waals surface area contributed by atoms with Gasteiger partial charge >= 0.3 is 18.0 Å². The van der Waals surface area contributed by atoms with Crippen LogP contribution in [0.25, 0.3) is 0 Å². The SMILES string of the molecule is O=C1CN(C(=O)[C@@H]2CC[C@@]3(S(=O)(=O)c4ccc(F)cc4)c4ccc(C(F)(C(F)(F)F)C(F)(F)F)cc4CC[C@@H]23)CCN1. The number of nitrogens with one attached hydrogen (secondary N) is 1. The number of rotatable bonds is 4. The number of hydrogen-bond donors (Lipinski definition) is 1. The lowest BCUT2D eigenvalue weighted by molar-refractivity contribution is -0.348. The molecule has 0 bridgehead atoms. The van der Waals surface area contributed by atoms with E-state index in [-0.39, 0.29) is 67.4 Å². The van der Waals surface area contributed by atoms with Gasteiger partial charge in [0, 0.05) is 24.6 Å². The number of halogens is 8. The highest BCUT2D eigenvalue weighted by molar-refractivity contribution is 7.92. The number of fused-ring (bicyclic) bond motifs is 3. The molecule has 0 radical (unpaired) electrons. The monoisotopic (exact) mass is 624 g/mol. The van der Waals surface area contributed by atoms with E-state index in [4.69, 9.17) is 0 Å². The maximum Gasteiger partial charge on any atom is 0.435 e. The molecule has 1 heterocycles. The molecule has 0 aromatic heterocycles. The normalized spacial score (nSPS) is 25.0. The summed E-state index contributed by atoms with van der Waals surface area (Å²) >= 11 is 0. The Morgan fingerprint density at radius 1 is 0.952 bits per heavy atom. The maximum atomic E-state index is 14.9. The summed E-state index contributed by atoms with van der Waals surface area (Å²) in [5.74, 6) is -3.59. The number of carbonyl (C=O) groups excluding carboxylic acids is 2. The number of sulfone groups is 1. The molecule has 228 valence electrons. The van der Waals surface area contributed by atoms with Gasteiger partial charge < -0.3 is 10.2 Å². The van der Waals surface area contributed by atoms with Gasteiger partial charge in [-0.3, -0.25) is 9.59 Å². The van der Waals surface area contributed by atoms with Crippen molar-refractivity contribution in [3.05, 3.63) is 65.0 Å². The summed E-state index contributed by atoms with van der Waals surface area (Å²) in [6.07, 6.45) is -13.3. The smallest absolute Gasteiger partial charge is 0.353 e. The summed E-state index contributed by atoms with van der Waals surface area (Å²) < 4.78 is 136. The van der Waals surface area contributed by atoms with Crippen molar-refractivity contribution >= 4 is 21.7 Å². The molecule has 1 N–H and O–H groups in total. The Morgan fingerprint density at radius 3 is 2.19 bits per heavy atom. The first kappa shape index (κ1) is 30.2. The molecule has 2 aromatic rings. The molecule has 15 heteroatoms. The van der Waals surface area contributed by atoms with E-state index < -0.39 is 67.6 Å². The molecule has 1 saturated heterocycles. The fourth-order valence-corrected chi connectivity index (χ4v) is 9.21. The van der Waals surface area contributed by atoms with Crippen molar-refractivity contribution in [1.82, 2.24) is 10.2 Å². The third-order valence-electron chi connectivity index (χ3n) is 8.65. The van der Waals surface area contributed by atoms with Crippen molar-refractivity contribution in [2.75, 3.05) is 19.6 Å². The number of aryl methyl sites for hydroxylation is 1. The largest absolute Gasteiger partial charge is 0.435 e. The summed E-state index contributed by atoms with van der Waals surface area (Å²) in [7, 11) is -4.56. The van der Waals surface area contributed by atoms with Crippen molar-refractivity contribution in [3.63, 3.8) is 0 Å². The number of alkyl halides is 7. The molecule has 3 aliphatic rings. The molecule has 2 fully saturated rings. The molecule has 0 unspecified atom stereocenters. The zero-order chi connectivity index (χ0) is 30.9. The van der Waals surface area contributed by atoms with Crippen LogP contribution in [0.1, 0.15) is 36.0 Å². The second-order valence-corrected chi connectivity index (χ2v) is 13.0. The van der Waals surface area contributed by atoms with Gasteiger partial charge in [0.25, 0.3) is 0 Å². The number of benzene rings is 2. The van der Waals surface area contributed by atoms with Crippen LogP contribution in [-0.2, 0) is 36.3 Å². The minimum Gasteiger partial charge on any atom is -0.353 e. The van der Waals surface area contributed by atoms with Crippen molar-refractivity contribution < 1.29 is 53.1 Å². The minimum atomic E-state index is -6.36. The van der Waals surface area contributed by atoms with Crippen LogP contribution in [0, 0.1) is 17.7 Å². The maximum absolute atomic E-state index is 14.9. The highest BCUT2D eigenvalue weighted by Gasteiger charge is 2.74. The number of amides is 2. The first-order valence-corrected chi connectivity index (χ1v) is 14.5. The van der Waals surface area contributed by atoms with Crippen LogP contribution in [-0.4, -0.2) is 57.1 Å². The molecule has 0 spiro atoms. The van der Waals surface area contributed by atoms with E-state index in [1.54, 1.807) is 0 Å². The fraction of sp³-hybridized carbons (Fsp3) is 0.481. The standard InChI is InChI=1S/C27H24F8N2O4S/c28-17-3-5-18(6-4-17)42(40,41)24-10-9-19(23(39)37-12-11-36-22(38)14-37)21(24)7-1-15-13-16(2-8-20(15)24)25(29,26(30,31)32)27(33,34)35/h2-6,8,13,19,21H,1,7,9-12,14H2,(H,36,38)/t19-,21+,24-/m1/s1.